The second kappa shape index (κ2) is 2.58. The molecule has 0 aromatic heterocycles. The molecule has 0 bridgehead atoms. The van der Waals surface area contributed by atoms with Crippen LogP contribution in [0.3, 0.4) is 0 Å². The second-order valence-electron chi connectivity index (χ2n) is 2.97. The van der Waals surface area contributed by atoms with Crippen molar-refractivity contribution in [2.45, 2.75) is 33.0 Å². The van der Waals surface area contributed by atoms with Crippen molar-refractivity contribution in [3.8, 4) is 0 Å². The highest BCUT2D eigenvalue weighted by Crippen LogP contribution is 2.11. The van der Waals surface area contributed by atoms with Crippen molar-refractivity contribution in [3.05, 3.63) is 0 Å². The van der Waals surface area contributed by atoms with Crippen LogP contribution in [-0.4, -0.2) is 18.2 Å². The van der Waals surface area contributed by atoms with Gasteiger partial charge < -0.3 is 4.74 Å². The van der Waals surface area contributed by atoms with Crippen molar-refractivity contribution in [1.29, 1.82) is 0 Å². The molecule has 2 atom stereocenters. The number of esters is 1. The lowest BCUT2D eigenvalue weighted by Gasteiger charge is -2.09. The highest BCUT2D eigenvalue weighted by atomic mass is 16.6. The molecular formula is C7H13NO2. The van der Waals surface area contributed by atoms with E-state index in [1.54, 1.807) is 0 Å². The van der Waals surface area contributed by atoms with Gasteiger partial charge in [0, 0.05) is 0 Å². The van der Waals surface area contributed by atoms with Crippen LogP contribution in [0.15, 0.2) is 0 Å². The molecule has 0 aromatic rings. The third-order valence-corrected chi connectivity index (χ3v) is 1.63. The molecule has 1 saturated heterocycles. The van der Waals surface area contributed by atoms with Crippen LogP contribution in [0.1, 0.15) is 20.8 Å². The van der Waals surface area contributed by atoms with E-state index in [1.165, 1.54) is 0 Å². The molecule has 0 amide bonds. The summed E-state index contributed by atoms with van der Waals surface area (Å²) in [6, 6.07) is -0.102. The quantitative estimate of drug-likeness (QED) is 0.543. The molecule has 3 nitrogen and oxygen atoms in total. The van der Waals surface area contributed by atoms with Gasteiger partial charge in [-0.3, -0.25) is 10.1 Å². The minimum absolute atomic E-state index is 0.102. The minimum atomic E-state index is -0.123. The summed E-state index contributed by atoms with van der Waals surface area (Å²) in [4.78, 5) is 10.9. The van der Waals surface area contributed by atoms with Crippen molar-refractivity contribution in [1.82, 2.24) is 5.32 Å². The van der Waals surface area contributed by atoms with Crippen LogP contribution < -0.4 is 5.32 Å². The Labute approximate surface area is 60.7 Å². The van der Waals surface area contributed by atoms with Gasteiger partial charge in [-0.15, -0.1) is 0 Å². The first-order valence-corrected chi connectivity index (χ1v) is 3.58. The van der Waals surface area contributed by atoms with Crippen LogP contribution in [0.5, 0.6) is 0 Å². The van der Waals surface area contributed by atoms with Crippen molar-refractivity contribution in [2.75, 3.05) is 0 Å². The first-order valence-electron chi connectivity index (χ1n) is 3.58. The summed E-state index contributed by atoms with van der Waals surface area (Å²) in [7, 11) is 0. The summed E-state index contributed by atoms with van der Waals surface area (Å²) in [6.07, 6.45) is -0.111. The first-order chi connectivity index (χ1) is 4.61. The first kappa shape index (κ1) is 7.54. The summed E-state index contributed by atoms with van der Waals surface area (Å²) in [6.45, 7) is 5.83. The largest absolute Gasteiger partial charge is 0.446 e. The van der Waals surface area contributed by atoms with E-state index in [0.717, 1.165) is 0 Å². The van der Waals surface area contributed by atoms with E-state index in [2.05, 4.69) is 5.32 Å². The molecule has 0 spiro atoms. The zero-order valence-electron chi connectivity index (χ0n) is 6.55. The molecule has 0 aromatic carbocycles. The van der Waals surface area contributed by atoms with Crippen LogP contribution in [0.2, 0.25) is 0 Å². The van der Waals surface area contributed by atoms with Crippen molar-refractivity contribution in [2.24, 2.45) is 5.92 Å². The maximum absolute atomic E-state index is 10.9. The monoisotopic (exact) mass is 143 g/mol. The molecule has 1 heterocycles. The van der Waals surface area contributed by atoms with Crippen molar-refractivity contribution in [3.63, 3.8) is 0 Å². The van der Waals surface area contributed by atoms with Crippen LogP contribution in [-0.2, 0) is 9.53 Å². The molecular weight excluding hydrogens is 130 g/mol. The summed E-state index contributed by atoms with van der Waals surface area (Å²) >= 11 is 0. The lowest BCUT2D eigenvalue weighted by Crippen LogP contribution is -2.34. The molecule has 1 aliphatic heterocycles. The molecule has 1 N–H and O–H groups in total. The van der Waals surface area contributed by atoms with Gasteiger partial charge in [0.25, 0.3) is 0 Å². The third-order valence-electron chi connectivity index (χ3n) is 1.63. The number of ether oxygens (including phenoxy) is 1. The fourth-order valence-corrected chi connectivity index (χ4v) is 1.07. The number of hydrogen-bond donors (Lipinski definition) is 1. The van der Waals surface area contributed by atoms with Gasteiger partial charge in [-0.05, 0) is 12.8 Å². The number of hydrogen-bond acceptors (Lipinski definition) is 3. The zero-order valence-corrected chi connectivity index (χ0v) is 6.55. The molecule has 1 fully saturated rings. The Hall–Kier alpha value is -0.570. The van der Waals surface area contributed by atoms with Gasteiger partial charge in [-0.2, -0.15) is 0 Å². The molecule has 3 heteroatoms. The van der Waals surface area contributed by atoms with Crippen LogP contribution in [0.4, 0.5) is 0 Å². The van der Waals surface area contributed by atoms with E-state index in [1.807, 2.05) is 20.8 Å². The molecule has 58 valence electrons. The van der Waals surface area contributed by atoms with Gasteiger partial charge in [0.1, 0.15) is 6.04 Å². The standard InChI is InChI=1S/C7H13NO2/c1-4(2)6-7(9)10-5(3)8-6/h4-6,8H,1-3H3. The van der Waals surface area contributed by atoms with Crippen LogP contribution in [0, 0.1) is 5.92 Å². The SMILES string of the molecule is CC1NC(C(C)C)C(=O)O1. The number of rotatable bonds is 1. The van der Waals surface area contributed by atoms with E-state index in [9.17, 15) is 4.79 Å². The molecule has 0 radical (unpaired) electrons. The smallest absolute Gasteiger partial charge is 0.325 e. The lowest BCUT2D eigenvalue weighted by molar-refractivity contribution is -0.142. The van der Waals surface area contributed by atoms with Gasteiger partial charge in [-0.25, -0.2) is 0 Å². The number of carbonyl (C=O) groups is 1. The number of nitrogens with one attached hydrogen (secondary N) is 1. The Kier molecular flexibility index (Phi) is 1.94. The van der Waals surface area contributed by atoms with E-state index < -0.39 is 0 Å². The number of carbonyl (C=O) groups excluding carboxylic acids is 1. The third kappa shape index (κ3) is 1.29. The topological polar surface area (TPSA) is 38.3 Å². The zero-order chi connectivity index (χ0) is 7.72. The fraction of sp³-hybridized carbons (Fsp3) is 0.857. The lowest BCUT2D eigenvalue weighted by atomic mass is 10.1. The Morgan fingerprint density at radius 3 is 2.40 bits per heavy atom. The molecule has 2 unspecified atom stereocenters. The molecule has 1 rings (SSSR count). The van der Waals surface area contributed by atoms with Gasteiger partial charge in [0.05, 0.1) is 0 Å². The predicted octanol–water partition coefficient (Wildman–Crippen LogP) is 0.503. The normalized spacial score (nSPS) is 33.0. The minimum Gasteiger partial charge on any atom is -0.446 e. The van der Waals surface area contributed by atoms with E-state index >= 15 is 0 Å². The number of cyclic esters (lactones) is 1. The average Bonchev–Trinajstić information content (AvgIpc) is 2.10. The maximum atomic E-state index is 10.9. The molecule has 0 aliphatic carbocycles. The Bertz CT molecular complexity index is 145. The van der Waals surface area contributed by atoms with Gasteiger partial charge >= 0.3 is 5.97 Å². The van der Waals surface area contributed by atoms with Crippen molar-refractivity contribution >= 4 is 5.97 Å². The van der Waals surface area contributed by atoms with Gasteiger partial charge in [0.15, 0.2) is 6.23 Å². The highest BCUT2D eigenvalue weighted by Gasteiger charge is 2.32. The Balaban J connectivity index is 2.55. The molecule has 0 saturated carbocycles. The van der Waals surface area contributed by atoms with Gasteiger partial charge in [0.2, 0.25) is 0 Å². The van der Waals surface area contributed by atoms with Crippen LogP contribution >= 0.6 is 0 Å². The maximum Gasteiger partial charge on any atom is 0.325 e. The van der Waals surface area contributed by atoms with Crippen LogP contribution in [0.25, 0.3) is 0 Å². The Morgan fingerprint density at radius 1 is 1.60 bits per heavy atom. The Morgan fingerprint density at radius 2 is 2.20 bits per heavy atom. The second-order valence-corrected chi connectivity index (χ2v) is 2.97. The average molecular weight is 143 g/mol. The predicted molar refractivity (Wildman–Crippen MR) is 37.3 cm³/mol. The fourth-order valence-electron chi connectivity index (χ4n) is 1.07. The van der Waals surface area contributed by atoms with E-state index in [0.29, 0.717) is 5.92 Å². The summed E-state index contributed by atoms with van der Waals surface area (Å²) in [5.74, 6) is 0.194. The highest BCUT2D eigenvalue weighted by molar-refractivity contribution is 5.77. The van der Waals surface area contributed by atoms with E-state index in [-0.39, 0.29) is 18.2 Å². The molecule has 10 heavy (non-hydrogen) atoms. The summed E-state index contributed by atoms with van der Waals surface area (Å²) < 4.78 is 4.89. The van der Waals surface area contributed by atoms with Crippen molar-refractivity contribution < 1.29 is 9.53 Å². The summed E-state index contributed by atoms with van der Waals surface area (Å²) in [5, 5.41) is 3.03. The van der Waals surface area contributed by atoms with E-state index in [4.69, 9.17) is 4.74 Å². The van der Waals surface area contributed by atoms with Gasteiger partial charge in [-0.1, -0.05) is 13.8 Å². The molecule has 1 aliphatic rings. The summed E-state index contributed by atoms with van der Waals surface area (Å²) in [5.41, 5.74) is 0.